The van der Waals surface area contributed by atoms with Crippen LogP contribution in [0, 0.1) is 0 Å². The molecule has 3 heterocycles. The maximum Gasteiger partial charge on any atom is 0.267 e. The van der Waals surface area contributed by atoms with Crippen LogP contribution in [0.3, 0.4) is 0 Å². The van der Waals surface area contributed by atoms with Crippen LogP contribution in [0.1, 0.15) is 17.5 Å². The number of hydrogen-bond acceptors (Lipinski definition) is 5. The largest absolute Gasteiger partial charge is 0.391 e. The molecule has 126 valence electrons. The predicted octanol–water partition coefficient (Wildman–Crippen LogP) is 2.20. The first-order valence-corrected chi connectivity index (χ1v) is 7.96. The third-order valence-corrected chi connectivity index (χ3v) is 4.46. The van der Waals surface area contributed by atoms with Crippen LogP contribution in [0.25, 0.3) is 0 Å². The number of alkyl halides is 2. The molecule has 1 atom stereocenters. The average Bonchev–Trinajstić information content (AvgIpc) is 2.97. The summed E-state index contributed by atoms with van der Waals surface area (Å²) in [7, 11) is 0. The Morgan fingerprint density at radius 2 is 1.79 bits per heavy atom. The fourth-order valence-electron chi connectivity index (χ4n) is 3.39. The van der Waals surface area contributed by atoms with Crippen molar-refractivity contribution in [1.29, 1.82) is 0 Å². The van der Waals surface area contributed by atoms with Gasteiger partial charge in [0.2, 0.25) is 5.95 Å². The van der Waals surface area contributed by atoms with Gasteiger partial charge in [0.05, 0.1) is 12.6 Å². The van der Waals surface area contributed by atoms with E-state index in [2.05, 4.69) is 27.0 Å². The monoisotopic (exact) mass is 332 g/mol. The zero-order valence-electron chi connectivity index (χ0n) is 13.1. The normalized spacial score (nSPS) is 22.5. The van der Waals surface area contributed by atoms with Crippen LogP contribution in [0.2, 0.25) is 0 Å². The standard InChI is InChI=1S/C17H18F2N4O/c18-17(19)7-14(24)10-23(11-17)16-20-6-5-15(21-16)22-8-12-3-1-2-4-13(12)9-22/h1-6,14,24H,7-11H2. The lowest BCUT2D eigenvalue weighted by atomic mass is 10.1. The molecule has 7 heteroatoms. The van der Waals surface area contributed by atoms with E-state index in [1.807, 2.05) is 12.1 Å². The number of aliphatic hydroxyl groups excluding tert-OH is 1. The summed E-state index contributed by atoms with van der Waals surface area (Å²) < 4.78 is 27.4. The molecule has 1 N–H and O–H groups in total. The molecule has 5 nitrogen and oxygen atoms in total. The van der Waals surface area contributed by atoms with Crippen molar-refractivity contribution in [3.8, 4) is 0 Å². The van der Waals surface area contributed by atoms with Gasteiger partial charge in [-0.3, -0.25) is 0 Å². The third-order valence-electron chi connectivity index (χ3n) is 4.46. The van der Waals surface area contributed by atoms with E-state index < -0.39 is 25.0 Å². The highest BCUT2D eigenvalue weighted by Gasteiger charge is 2.40. The first kappa shape index (κ1) is 15.3. The van der Waals surface area contributed by atoms with Crippen LogP contribution in [0.15, 0.2) is 36.5 Å². The second-order valence-corrected chi connectivity index (χ2v) is 6.43. The number of aliphatic hydroxyl groups is 1. The molecule has 1 aromatic carbocycles. The SMILES string of the molecule is OC1CN(c2nccc(N3Cc4ccccc4C3)n2)CC(F)(F)C1. The van der Waals surface area contributed by atoms with E-state index >= 15 is 0 Å². The van der Waals surface area contributed by atoms with Gasteiger partial charge < -0.3 is 14.9 Å². The summed E-state index contributed by atoms with van der Waals surface area (Å²) in [6.07, 6.45) is 0.00164. The van der Waals surface area contributed by atoms with E-state index in [1.165, 1.54) is 16.0 Å². The molecule has 0 radical (unpaired) electrons. The molecule has 2 aliphatic heterocycles. The van der Waals surface area contributed by atoms with E-state index in [9.17, 15) is 13.9 Å². The van der Waals surface area contributed by atoms with Crippen LogP contribution < -0.4 is 9.80 Å². The van der Waals surface area contributed by atoms with Crippen LogP contribution in [-0.2, 0) is 13.1 Å². The maximum atomic E-state index is 13.7. The number of benzene rings is 1. The fourth-order valence-corrected chi connectivity index (χ4v) is 3.39. The van der Waals surface area contributed by atoms with Crippen molar-refractivity contribution >= 4 is 11.8 Å². The lowest BCUT2D eigenvalue weighted by Crippen LogP contribution is -2.50. The number of rotatable bonds is 2. The third kappa shape index (κ3) is 2.91. The second kappa shape index (κ2) is 5.66. The quantitative estimate of drug-likeness (QED) is 0.914. The highest BCUT2D eigenvalue weighted by Crippen LogP contribution is 2.31. The van der Waals surface area contributed by atoms with Gasteiger partial charge in [-0.05, 0) is 17.2 Å². The van der Waals surface area contributed by atoms with E-state index in [0.717, 1.165) is 13.1 Å². The average molecular weight is 332 g/mol. The summed E-state index contributed by atoms with van der Waals surface area (Å²) in [5.74, 6) is -1.98. The van der Waals surface area contributed by atoms with Crippen LogP contribution in [0.4, 0.5) is 20.5 Å². The Bertz CT molecular complexity index is 730. The zero-order chi connectivity index (χ0) is 16.7. The molecule has 1 unspecified atom stereocenters. The molecule has 1 aromatic heterocycles. The van der Waals surface area contributed by atoms with Crippen molar-refractivity contribution in [2.75, 3.05) is 22.9 Å². The Hall–Kier alpha value is -2.28. The number of nitrogens with zero attached hydrogens (tertiary/aromatic N) is 4. The first-order valence-electron chi connectivity index (χ1n) is 7.96. The molecule has 0 bridgehead atoms. The summed E-state index contributed by atoms with van der Waals surface area (Å²) in [6, 6.07) is 9.96. The van der Waals surface area contributed by atoms with Gasteiger partial charge in [-0.2, -0.15) is 4.98 Å². The summed E-state index contributed by atoms with van der Waals surface area (Å²) in [5, 5.41) is 9.69. The lowest BCUT2D eigenvalue weighted by Gasteiger charge is -2.35. The Morgan fingerprint density at radius 3 is 2.46 bits per heavy atom. The lowest BCUT2D eigenvalue weighted by molar-refractivity contribution is -0.0533. The number of halogens is 2. The molecule has 2 aliphatic rings. The minimum Gasteiger partial charge on any atom is -0.391 e. The topological polar surface area (TPSA) is 52.5 Å². The number of aromatic nitrogens is 2. The molecule has 2 aromatic rings. The Morgan fingerprint density at radius 1 is 1.08 bits per heavy atom. The van der Waals surface area contributed by atoms with Crippen molar-refractivity contribution in [1.82, 2.24) is 9.97 Å². The van der Waals surface area contributed by atoms with E-state index in [-0.39, 0.29) is 12.5 Å². The summed E-state index contributed by atoms with van der Waals surface area (Å²) in [4.78, 5) is 12.0. The van der Waals surface area contributed by atoms with Gasteiger partial charge in [0, 0.05) is 32.3 Å². The highest BCUT2D eigenvalue weighted by atomic mass is 19.3. The van der Waals surface area contributed by atoms with E-state index in [4.69, 9.17) is 0 Å². The summed E-state index contributed by atoms with van der Waals surface area (Å²) in [6.45, 7) is 1.14. The molecule has 24 heavy (non-hydrogen) atoms. The molecular weight excluding hydrogens is 314 g/mol. The fraction of sp³-hybridized carbons (Fsp3) is 0.412. The number of β-amino-alcohol motifs (C(OH)–C–C–N with tert-alkyl or cyclic N) is 1. The van der Waals surface area contributed by atoms with Crippen LogP contribution in [-0.4, -0.2) is 40.2 Å². The van der Waals surface area contributed by atoms with Crippen molar-refractivity contribution in [2.45, 2.75) is 31.5 Å². The van der Waals surface area contributed by atoms with Gasteiger partial charge in [0.1, 0.15) is 5.82 Å². The summed E-state index contributed by atoms with van der Waals surface area (Å²) in [5.41, 5.74) is 2.50. The van der Waals surface area contributed by atoms with Crippen molar-refractivity contribution in [3.05, 3.63) is 47.7 Å². The minimum atomic E-state index is -2.93. The van der Waals surface area contributed by atoms with Crippen LogP contribution >= 0.6 is 0 Å². The van der Waals surface area contributed by atoms with Crippen molar-refractivity contribution < 1.29 is 13.9 Å². The van der Waals surface area contributed by atoms with Gasteiger partial charge in [-0.25, -0.2) is 13.8 Å². The second-order valence-electron chi connectivity index (χ2n) is 6.43. The van der Waals surface area contributed by atoms with Gasteiger partial charge in [0.15, 0.2) is 0 Å². The Kier molecular flexibility index (Phi) is 3.60. The highest BCUT2D eigenvalue weighted by molar-refractivity contribution is 5.49. The molecule has 0 aliphatic carbocycles. The van der Waals surface area contributed by atoms with E-state index in [0.29, 0.717) is 5.82 Å². The molecule has 0 spiro atoms. The van der Waals surface area contributed by atoms with Gasteiger partial charge in [-0.1, -0.05) is 24.3 Å². The number of piperidine rings is 1. The van der Waals surface area contributed by atoms with E-state index in [1.54, 1.807) is 12.3 Å². The molecular formula is C17H18F2N4O. The predicted molar refractivity (Wildman–Crippen MR) is 86.1 cm³/mol. The minimum absolute atomic E-state index is 0.124. The van der Waals surface area contributed by atoms with Gasteiger partial charge in [0.25, 0.3) is 5.92 Å². The van der Waals surface area contributed by atoms with Crippen molar-refractivity contribution in [2.24, 2.45) is 0 Å². The molecule has 0 saturated carbocycles. The number of hydrogen-bond donors (Lipinski definition) is 1. The zero-order valence-corrected chi connectivity index (χ0v) is 13.1. The Labute approximate surface area is 138 Å². The first-order chi connectivity index (χ1) is 11.5. The molecule has 1 saturated heterocycles. The maximum absolute atomic E-state index is 13.7. The molecule has 0 amide bonds. The summed E-state index contributed by atoms with van der Waals surface area (Å²) >= 11 is 0. The van der Waals surface area contributed by atoms with Crippen LogP contribution in [0.5, 0.6) is 0 Å². The molecule has 1 fully saturated rings. The van der Waals surface area contributed by atoms with Gasteiger partial charge >= 0.3 is 0 Å². The number of anilines is 2. The smallest absolute Gasteiger partial charge is 0.267 e. The molecule has 4 rings (SSSR count). The Balaban J connectivity index is 1.57. The van der Waals surface area contributed by atoms with Gasteiger partial charge in [-0.15, -0.1) is 0 Å². The number of fused-ring (bicyclic) bond motifs is 1. The van der Waals surface area contributed by atoms with Crippen molar-refractivity contribution in [3.63, 3.8) is 0 Å².